The van der Waals surface area contributed by atoms with Gasteiger partial charge in [-0.25, -0.2) is 9.97 Å². The first kappa shape index (κ1) is 20.7. The number of thiazole rings is 2. The molecule has 1 aromatic carbocycles. The average molecular weight is 434 g/mol. The lowest BCUT2D eigenvalue weighted by Crippen LogP contribution is -2.21. The van der Waals surface area contributed by atoms with Crippen LogP contribution in [0.1, 0.15) is 11.4 Å². The summed E-state index contributed by atoms with van der Waals surface area (Å²) in [5, 5.41) is 7.40. The standard InChI is InChI=1S/C19H19N3O5S2/c1-11-9-29-19(20-11)22-16(23)8-27-17(24)7-13-10-28-18(21-13)12-4-5-14(25-2)15(6-12)26-3/h4-6,9-10H,7-8H2,1-3H3,(H,20,22,23). The number of benzene rings is 1. The van der Waals surface area contributed by atoms with Crippen molar-refractivity contribution in [3.05, 3.63) is 40.3 Å². The first-order valence-corrected chi connectivity index (χ1v) is 10.3. The Bertz CT molecular complexity index is 1010. The third-order valence-electron chi connectivity index (χ3n) is 3.74. The Morgan fingerprint density at radius 1 is 1.07 bits per heavy atom. The molecule has 0 spiro atoms. The second-order valence-corrected chi connectivity index (χ2v) is 7.61. The average Bonchev–Trinajstić information content (AvgIpc) is 3.34. The molecule has 0 aliphatic rings. The topological polar surface area (TPSA) is 99.6 Å². The Morgan fingerprint density at radius 2 is 1.86 bits per heavy atom. The van der Waals surface area contributed by atoms with Gasteiger partial charge in [-0.2, -0.15) is 0 Å². The fraction of sp³-hybridized carbons (Fsp3) is 0.263. The highest BCUT2D eigenvalue weighted by Crippen LogP contribution is 2.33. The second kappa shape index (κ2) is 9.48. The number of aromatic nitrogens is 2. The molecule has 152 valence electrons. The van der Waals surface area contributed by atoms with Crippen molar-refractivity contribution in [2.45, 2.75) is 13.3 Å². The van der Waals surface area contributed by atoms with Gasteiger partial charge in [-0.05, 0) is 25.1 Å². The maximum Gasteiger partial charge on any atom is 0.312 e. The molecule has 2 heterocycles. The highest BCUT2D eigenvalue weighted by Gasteiger charge is 2.14. The van der Waals surface area contributed by atoms with Crippen LogP contribution >= 0.6 is 22.7 Å². The highest BCUT2D eigenvalue weighted by atomic mass is 32.1. The minimum atomic E-state index is -0.528. The molecule has 0 unspecified atom stereocenters. The third kappa shape index (κ3) is 5.52. The summed E-state index contributed by atoms with van der Waals surface area (Å²) in [5.74, 6) is 0.266. The van der Waals surface area contributed by atoms with Gasteiger partial charge in [0.05, 0.1) is 32.0 Å². The van der Waals surface area contributed by atoms with E-state index in [4.69, 9.17) is 14.2 Å². The maximum absolute atomic E-state index is 12.0. The summed E-state index contributed by atoms with van der Waals surface area (Å²) in [6.07, 6.45) is -0.0204. The molecule has 10 heteroatoms. The van der Waals surface area contributed by atoms with Gasteiger partial charge >= 0.3 is 5.97 Å². The normalized spacial score (nSPS) is 10.4. The minimum absolute atomic E-state index is 0.0204. The summed E-state index contributed by atoms with van der Waals surface area (Å²) in [4.78, 5) is 32.4. The molecule has 0 saturated heterocycles. The van der Waals surface area contributed by atoms with Gasteiger partial charge in [-0.3, -0.25) is 14.9 Å². The fourth-order valence-electron chi connectivity index (χ4n) is 2.40. The zero-order chi connectivity index (χ0) is 20.8. The van der Waals surface area contributed by atoms with Gasteiger partial charge in [0.25, 0.3) is 5.91 Å². The molecular weight excluding hydrogens is 414 g/mol. The number of nitrogens with zero attached hydrogens (tertiary/aromatic N) is 2. The van der Waals surface area contributed by atoms with E-state index in [0.717, 1.165) is 16.3 Å². The smallest absolute Gasteiger partial charge is 0.312 e. The Kier molecular flexibility index (Phi) is 6.78. The van der Waals surface area contributed by atoms with Gasteiger partial charge in [-0.1, -0.05) is 0 Å². The highest BCUT2D eigenvalue weighted by molar-refractivity contribution is 7.14. The van der Waals surface area contributed by atoms with Crippen molar-refractivity contribution in [1.29, 1.82) is 0 Å². The van der Waals surface area contributed by atoms with Gasteiger partial charge in [-0.15, -0.1) is 22.7 Å². The lowest BCUT2D eigenvalue weighted by atomic mass is 10.2. The summed E-state index contributed by atoms with van der Waals surface area (Å²) >= 11 is 2.72. The van der Waals surface area contributed by atoms with E-state index in [9.17, 15) is 9.59 Å². The van der Waals surface area contributed by atoms with Crippen molar-refractivity contribution in [1.82, 2.24) is 9.97 Å². The van der Waals surface area contributed by atoms with Crippen LogP contribution in [0, 0.1) is 6.92 Å². The van der Waals surface area contributed by atoms with E-state index in [2.05, 4.69) is 15.3 Å². The molecule has 3 rings (SSSR count). The van der Waals surface area contributed by atoms with E-state index in [0.29, 0.717) is 22.3 Å². The summed E-state index contributed by atoms with van der Waals surface area (Å²) < 4.78 is 15.6. The molecule has 2 aromatic heterocycles. The molecule has 0 atom stereocenters. The lowest BCUT2D eigenvalue weighted by Gasteiger charge is -2.08. The van der Waals surface area contributed by atoms with Gasteiger partial charge in [0.1, 0.15) is 5.01 Å². The SMILES string of the molecule is COc1ccc(-c2nc(CC(=O)OCC(=O)Nc3nc(C)cs3)cs2)cc1OC. The van der Waals surface area contributed by atoms with Crippen LogP contribution in [0.3, 0.4) is 0 Å². The number of nitrogens with one attached hydrogen (secondary N) is 1. The summed E-state index contributed by atoms with van der Waals surface area (Å²) in [6.45, 7) is 1.46. The Labute approximate surface area is 175 Å². The first-order chi connectivity index (χ1) is 14.0. The number of methoxy groups -OCH3 is 2. The van der Waals surface area contributed by atoms with Crippen LogP contribution < -0.4 is 14.8 Å². The third-order valence-corrected chi connectivity index (χ3v) is 5.55. The maximum atomic E-state index is 12.0. The monoisotopic (exact) mass is 433 g/mol. The van der Waals surface area contributed by atoms with Gasteiger partial charge in [0.2, 0.25) is 0 Å². The van der Waals surface area contributed by atoms with Crippen LogP contribution in [-0.4, -0.2) is 42.7 Å². The van der Waals surface area contributed by atoms with Crippen molar-refractivity contribution < 1.29 is 23.8 Å². The van der Waals surface area contributed by atoms with E-state index in [1.165, 1.54) is 22.7 Å². The Balaban J connectivity index is 1.54. The molecule has 0 aliphatic heterocycles. The first-order valence-electron chi connectivity index (χ1n) is 8.53. The predicted molar refractivity (Wildman–Crippen MR) is 111 cm³/mol. The van der Waals surface area contributed by atoms with Crippen molar-refractivity contribution >= 4 is 39.7 Å². The van der Waals surface area contributed by atoms with Crippen LogP contribution in [0.4, 0.5) is 5.13 Å². The number of carbonyl (C=O) groups excluding carboxylic acids is 2. The number of aryl methyl sites for hydroxylation is 1. The molecule has 0 saturated carbocycles. The molecule has 0 fully saturated rings. The summed E-state index contributed by atoms with van der Waals surface area (Å²) in [7, 11) is 3.14. The summed E-state index contributed by atoms with van der Waals surface area (Å²) in [5.41, 5.74) is 2.24. The molecule has 29 heavy (non-hydrogen) atoms. The van der Waals surface area contributed by atoms with Gasteiger partial charge < -0.3 is 14.2 Å². The quantitative estimate of drug-likeness (QED) is 0.544. The number of hydrogen-bond donors (Lipinski definition) is 1. The van der Waals surface area contributed by atoms with E-state index in [-0.39, 0.29) is 13.0 Å². The number of carbonyl (C=O) groups is 2. The van der Waals surface area contributed by atoms with Crippen molar-refractivity contribution in [3.63, 3.8) is 0 Å². The van der Waals surface area contributed by atoms with Crippen molar-refractivity contribution in [2.75, 3.05) is 26.1 Å². The van der Waals surface area contributed by atoms with Crippen LogP contribution in [-0.2, 0) is 20.7 Å². The number of esters is 1. The number of anilines is 1. The van der Waals surface area contributed by atoms with Crippen LogP contribution in [0.5, 0.6) is 11.5 Å². The molecular formula is C19H19N3O5S2. The molecule has 1 amide bonds. The molecule has 1 N–H and O–H groups in total. The Morgan fingerprint density at radius 3 is 2.55 bits per heavy atom. The lowest BCUT2D eigenvalue weighted by molar-refractivity contribution is -0.146. The molecule has 3 aromatic rings. The van der Waals surface area contributed by atoms with Gasteiger partial charge in [0, 0.05) is 16.3 Å². The second-order valence-electron chi connectivity index (χ2n) is 5.89. The van der Waals surface area contributed by atoms with Gasteiger partial charge in [0.15, 0.2) is 23.2 Å². The van der Waals surface area contributed by atoms with E-state index < -0.39 is 11.9 Å². The number of hydrogen-bond acceptors (Lipinski definition) is 9. The van der Waals surface area contributed by atoms with E-state index >= 15 is 0 Å². The van der Waals surface area contributed by atoms with E-state index in [1.54, 1.807) is 25.7 Å². The molecule has 0 radical (unpaired) electrons. The molecule has 0 aliphatic carbocycles. The van der Waals surface area contributed by atoms with Crippen LogP contribution in [0.25, 0.3) is 10.6 Å². The number of amides is 1. The largest absolute Gasteiger partial charge is 0.493 e. The number of ether oxygens (including phenoxy) is 3. The van der Waals surface area contributed by atoms with Crippen LogP contribution in [0.2, 0.25) is 0 Å². The minimum Gasteiger partial charge on any atom is -0.493 e. The molecule has 8 nitrogen and oxygen atoms in total. The predicted octanol–water partition coefficient (Wildman–Crippen LogP) is 3.32. The number of rotatable bonds is 8. The van der Waals surface area contributed by atoms with E-state index in [1.807, 2.05) is 24.4 Å². The fourth-order valence-corrected chi connectivity index (χ4v) is 3.92. The zero-order valence-corrected chi connectivity index (χ0v) is 17.7. The zero-order valence-electron chi connectivity index (χ0n) is 16.1. The molecule has 0 bridgehead atoms. The Hall–Kier alpha value is -2.98. The van der Waals surface area contributed by atoms with Crippen LogP contribution in [0.15, 0.2) is 29.0 Å². The summed E-state index contributed by atoms with van der Waals surface area (Å²) in [6, 6.07) is 5.49. The van der Waals surface area contributed by atoms with Crippen molar-refractivity contribution in [3.8, 4) is 22.1 Å². The van der Waals surface area contributed by atoms with Crippen molar-refractivity contribution in [2.24, 2.45) is 0 Å².